The predicted molar refractivity (Wildman–Crippen MR) is 103 cm³/mol. The van der Waals surface area contributed by atoms with Crippen LogP contribution in [0.1, 0.15) is 40.5 Å². The van der Waals surface area contributed by atoms with Gasteiger partial charge in [-0.2, -0.15) is 0 Å². The lowest BCUT2D eigenvalue weighted by atomic mass is 10.00. The van der Waals surface area contributed by atoms with E-state index in [1.807, 2.05) is 20.8 Å². The van der Waals surface area contributed by atoms with E-state index in [1.165, 1.54) is 18.2 Å². The van der Waals surface area contributed by atoms with Crippen molar-refractivity contribution < 1.29 is 32.4 Å². The van der Waals surface area contributed by atoms with Crippen LogP contribution in [-0.2, 0) is 27.6 Å². The van der Waals surface area contributed by atoms with Crippen LogP contribution in [0.15, 0.2) is 23.8 Å². The zero-order chi connectivity index (χ0) is 20.7. The highest BCUT2D eigenvalue weighted by atomic mass is 28.4. The first-order chi connectivity index (χ1) is 12.8. The first-order valence-corrected chi connectivity index (χ1v) is 11.1. The number of rotatable bonds is 11. The van der Waals surface area contributed by atoms with Crippen molar-refractivity contribution in [2.24, 2.45) is 5.73 Å². The highest BCUT2D eigenvalue weighted by molar-refractivity contribution is 6.60. The number of carbonyl (C=O) groups is 3. The Morgan fingerprint density at radius 3 is 1.93 bits per heavy atom. The van der Waals surface area contributed by atoms with E-state index < -0.39 is 14.9 Å². The molecule has 1 aliphatic rings. The second kappa shape index (κ2) is 14.3. The number of nitrogens with two attached hydrogens (primary N) is 1. The van der Waals surface area contributed by atoms with Gasteiger partial charge in [0.2, 0.25) is 0 Å². The van der Waals surface area contributed by atoms with Crippen molar-refractivity contribution in [1.29, 1.82) is 0 Å². The summed E-state index contributed by atoms with van der Waals surface area (Å²) in [6.45, 7) is 9.41. The Labute approximate surface area is 162 Å². The van der Waals surface area contributed by atoms with Gasteiger partial charge in [0.25, 0.3) is 0 Å². The monoisotopic (exact) mass is 401 g/mol. The summed E-state index contributed by atoms with van der Waals surface area (Å²) >= 11 is 0. The maximum absolute atomic E-state index is 11.7. The fraction of sp³-hybridized carbons (Fsp3) is 0.611. The maximum Gasteiger partial charge on any atom is 0.500 e. The van der Waals surface area contributed by atoms with Crippen LogP contribution in [0.5, 0.6) is 0 Å². The van der Waals surface area contributed by atoms with Gasteiger partial charge in [0, 0.05) is 31.4 Å². The number of hydrogen-bond acceptors (Lipinski definition) is 7. The average Bonchev–Trinajstić information content (AvgIpc) is 2.59. The molecule has 0 aliphatic heterocycles. The van der Waals surface area contributed by atoms with Gasteiger partial charge in [0.15, 0.2) is 11.6 Å². The fourth-order valence-electron chi connectivity index (χ4n) is 2.39. The molecule has 0 unspecified atom stereocenters. The number of ether oxygens (including phenoxy) is 1. The van der Waals surface area contributed by atoms with Crippen molar-refractivity contribution in [3.8, 4) is 0 Å². The number of primary amides is 1. The van der Waals surface area contributed by atoms with Crippen molar-refractivity contribution in [3.05, 3.63) is 23.8 Å². The molecule has 8 nitrogen and oxygen atoms in total. The molecule has 0 fully saturated rings. The number of allylic oxidation sites excluding steroid dienone is 4. The lowest BCUT2D eigenvalue weighted by Crippen LogP contribution is -2.45. The minimum absolute atomic E-state index is 0.0916. The van der Waals surface area contributed by atoms with Crippen LogP contribution in [0.4, 0.5) is 4.79 Å². The summed E-state index contributed by atoms with van der Waals surface area (Å²) < 4.78 is 21.5. The smallest absolute Gasteiger partial charge is 0.450 e. The second-order valence-electron chi connectivity index (χ2n) is 5.36. The van der Waals surface area contributed by atoms with Gasteiger partial charge in [-0.15, -0.1) is 0 Å². The van der Waals surface area contributed by atoms with E-state index in [1.54, 1.807) is 6.92 Å². The van der Waals surface area contributed by atoms with E-state index in [0.717, 1.165) is 0 Å². The van der Waals surface area contributed by atoms with E-state index in [2.05, 4.69) is 10.5 Å². The van der Waals surface area contributed by atoms with E-state index in [9.17, 15) is 14.4 Å². The largest absolute Gasteiger partial charge is 0.500 e. The van der Waals surface area contributed by atoms with Gasteiger partial charge in [0.05, 0.1) is 6.61 Å². The van der Waals surface area contributed by atoms with Crippen LogP contribution in [-0.4, -0.2) is 52.9 Å². The number of carbonyl (C=O) groups excluding carboxylic acids is 3. The number of ketones is 2. The molecule has 0 aromatic heterocycles. The van der Waals surface area contributed by atoms with Crippen LogP contribution < -0.4 is 5.73 Å². The third kappa shape index (κ3) is 10.8. The summed E-state index contributed by atoms with van der Waals surface area (Å²) in [6, 6.07) is 0.644. The molecule has 1 rings (SSSR count). The summed E-state index contributed by atoms with van der Waals surface area (Å²) in [5.74, 6) is -0.223. The predicted octanol–water partition coefficient (Wildman–Crippen LogP) is 2.55. The molecule has 0 saturated carbocycles. The van der Waals surface area contributed by atoms with Gasteiger partial charge < -0.3 is 23.7 Å². The van der Waals surface area contributed by atoms with Crippen LogP contribution >= 0.6 is 0 Å². The highest BCUT2D eigenvalue weighted by Gasteiger charge is 2.39. The summed E-state index contributed by atoms with van der Waals surface area (Å²) in [4.78, 5) is 32.6. The average molecular weight is 402 g/mol. The van der Waals surface area contributed by atoms with Gasteiger partial charge in [-0.05, 0) is 58.8 Å². The molecule has 0 saturated heterocycles. The third-order valence-electron chi connectivity index (χ3n) is 3.34. The molecule has 0 aromatic rings. The summed E-state index contributed by atoms with van der Waals surface area (Å²) in [5, 5.41) is 0. The summed E-state index contributed by atoms with van der Waals surface area (Å²) in [6.07, 6.45) is 4.56. The fourth-order valence-corrected chi connectivity index (χ4v) is 5.00. The Hall–Kier alpha value is -1.81. The van der Waals surface area contributed by atoms with Gasteiger partial charge in [-0.1, -0.05) is 0 Å². The van der Waals surface area contributed by atoms with Crippen LogP contribution in [0.2, 0.25) is 6.04 Å². The van der Waals surface area contributed by atoms with E-state index in [0.29, 0.717) is 50.9 Å². The first-order valence-electron chi connectivity index (χ1n) is 9.15. The lowest BCUT2D eigenvalue weighted by Gasteiger charge is -2.28. The Balaban J connectivity index is 0.000000972. The SMILES string of the molecule is CCOC(N)=O.CCO[Si](CCCC1=CC(=O)C=CC1=O)(OCC)OCC. The Morgan fingerprint density at radius 2 is 1.52 bits per heavy atom. The molecule has 2 N–H and O–H groups in total. The highest BCUT2D eigenvalue weighted by Crippen LogP contribution is 2.22. The Morgan fingerprint density at radius 1 is 0.963 bits per heavy atom. The molecule has 0 heterocycles. The normalized spacial score (nSPS) is 13.7. The maximum atomic E-state index is 11.7. The molecule has 0 bridgehead atoms. The lowest BCUT2D eigenvalue weighted by molar-refractivity contribution is -0.114. The molecule has 0 radical (unpaired) electrons. The summed E-state index contributed by atoms with van der Waals surface area (Å²) in [7, 11) is -2.66. The van der Waals surface area contributed by atoms with Crippen molar-refractivity contribution in [3.63, 3.8) is 0 Å². The van der Waals surface area contributed by atoms with Gasteiger partial charge in [0.1, 0.15) is 0 Å². The minimum Gasteiger partial charge on any atom is -0.450 e. The summed E-state index contributed by atoms with van der Waals surface area (Å²) in [5.41, 5.74) is 5.09. The molecule has 27 heavy (non-hydrogen) atoms. The molecule has 0 atom stereocenters. The van der Waals surface area contributed by atoms with Gasteiger partial charge >= 0.3 is 14.9 Å². The molecule has 1 amide bonds. The van der Waals surface area contributed by atoms with Crippen molar-refractivity contribution in [2.75, 3.05) is 26.4 Å². The second-order valence-corrected chi connectivity index (χ2v) is 8.09. The molecule has 154 valence electrons. The molecule has 0 aromatic carbocycles. The van der Waals surface area contributed by atoms with Crippen molar-refractivity contribution in [1.82, 2.24) is 0 Å². The van der Waals surface area contributed by atoms with Crippen LogP contribution in [0.25, 0.3) is 0 Å². The van der Waals surface area contributed by atoms with Crippen LogP contribution in [0.3, 0.4) is 0 Å². The van der Waals surface area contributed by atoms with E-state index in [4.69, 9.17) is 13.3 Å². The quantitative estimate of drug-likeness (QED) is 0.418. The Kier molecular flexibility index (Phi) is 13.3. The van der Waals surface area contributed by atoms with Crippen molar-refractivity contribution >= 4 is 26.5 Å². The van der Waals surface area contributed by atoms with Crippen LogP contribution in [0, 0.1) is 0 Å². The topological polar surface area (TPSA) is 114 Å². The van der Waals surface area contributed by atoms with Crippen molar-refractivity contribution in [2.45, 2.75) is 46.6 Å². The standard InChI is InChI=1S/C15H24O5Si.C3H7NO2/c1-4-18-21(19-5-2,20-6-3)11-7-8-13-12-14(16)9-10-15(13)17;1-2-6-3(4)5/h9-10,12H,4-8,11H2,1-3H3;2H2,1H3,(H2,4,5). The zero-order valence-corrected chi connectivity index (χ0v) is 17.6. The molecular weight excluding hydrogens is 370 g/mol. The zero-order valence-electron chi connectivity index (χ0n) is 16.6. The van der Waals surface area contributed by atoms with E-state index in [-0.39, 0.29) is 11.6 Å². The van der Waals surface area contributed by atoms with E-state index >= 15 is 0 Å². The number of amides is 1. The molecule has 9 heteroatoms. The molecular formula is C18H31NO7Si. The van der Waals surface area contributed by atoms with Gasteiger partial charge in [-0.25, -0.2) is 4.79 Å². The first kappa shape index (κ1) is 25.2. The molecule has 1 aliphatic carbocycles. The number of hydrogen-bond donors (Lipinski definition) is 1. The third-order valence-corrected chi connectivity index (χ3v) is 6.49. The van der Waals surface area contributed by atoms with Gasteiger partial charge in [-0.3, -0.25) is 9.59 Å². The Bertz CT molecular complexity index is 529. The minimum atomic E-state index is -2.66. The molecule has 0 spiro atoms.